The number of nitrogens with zero attached hydrogens (tertiary/aromatic N) is 3. The molecule has 1 N–H and O–H groups in total. The van der Waals surface area contributed by atoms with Crippen LogP contribution in [0.5, 0.6) is 0 Å². The maximum Gasteiger partial charge on any atom is 0.116 e. The highest BCUT2D eigenvalue weighted by atomic mass is 15.2. The number of hydrogen-bond donors (Lipinski definition) is 1. The fourth-order valence-electron chi connectivity index (χ4n) is 2.66. The van der Waals surface area contributed by atoms with Crippen molar-refractivity contribution in [2.75, 3.05) is 40.3 Å². The minimum absolute atomic E-state index is 0.430. The molecule has 0 aromatic heterocycles. The van der Waals surface area contributed by atoms with E-state index in [1.54, 1.807) is 0 Å². The van der Waals surface area contributed by atoms with Crippen molar-refractivity contribution in [3.8, 4) is 6.07 Å². The molecule has 0 amide bonds. The van der Waals surface area contributed by atoms with Crippen LogP contribution in [-0.2, 0) is 0 Å². The van der Waals surface area contributed by atoms with Crippen LogP contribution in [0.2, 0.25) is 0 Å². The molecule has 1 saturated heterocycles. The summed E-state index contributed by atoms with van der Waals surface area (Å²) < 4.78 is 0. The number of likely N-dealkylation sites (N-methyl/N-ethyl adjacent to an activating group) is 2. The van der Waals surface area contributed by atoms with E-state index < -0.39 is 5.54 Å². The maximum absolute atomic E-state index is 9.36. The summed E-state index contributed by atoms with van der Waals surface area (Å²) in [4.78, 5) is 4.73. The monoisotopic (exact) mass is 252 g/mol. The summed E-state index contributed by atoms with van der Waals surface area (Å²) in [5.74, 6) is 0. The minimum atomic E-state index is -0.430. The van der Waals surface area contributed by atoms with Crippen molar-refractivity contribution in [2.24, 2.45) is 0 Å². The minimum Gasteiger partial charge on any atom is -0.305 e. The van der Waals surface area contributed by atoms with Gasteiger partial charge in [0.15, 0.2) is 0 Å². The molecule has 2 atom stereocenters. The Hall–Kier alpha value is -0.630. The first-order valence-corrected chi connectivity index (χ1v) is 7.06. The number of hydrogen-bond acceptors (Lipinski definition) is 4. The van der Waals surface area contributed by atoms with Crippen molar-refractivity contribution >= 4 is 0 Å². The van der Waals surface area contributed by atoms with E-state index in [0.717, 1.165) is 26.1 Å². The molecule has 0 radical (unpaired) electrons. The first-order valence-electron chi connectivity index (χ1n) is 7.06. The molecule has 2 unspecified atom stereocenters. The van der Waals surface area contributed by atoms with E-state index in [0.29, 0.717) is 6.04 Å². The number of nitriles is 1. The predicted octanol–water partition coefficient (Wildman–Crippen LogP) is 1.29. The van der Waals surface area contributed by atoms with Crippen LogP contribution < -0.4 is 5.32 Å². The molecule has 0 aliphatic carbocycles. The molecule has 1 rings (SSSR count). The van der Waals surface area contributed by atoms with E-state index in [2.05, 4.69) is 42.2 Å². The Morgan fingerprint density at radius 1 is 1.56 bits per heavy atom. The van der Waals surface area contributed by atoms with Gasteiger partial charge in [0.25, 0.3) is 0 Å². The Bertz CT molecular complexity index is 286. The first kappa shape index (κ1) is 15.4. The van der Waals surface area contributed by atoms with Gasteiger partial charge in [-0.25, -0.2) is 0 Å². The summed E-state index contributed by atoms with van der Waals surface area (Å²) >= 11 is 0. The van der Waals surface area contributed by atoms with Gasteiger partial charge in [-0.1, -0.05) is 6.92 Å². The Balaban J connectivity index is 2.50. The molecule has 0 bridgehead atoms. The van der Waals surface area contributed by atoms with Crippen LogP contribution in [0.3, 0.4) is 0 Å². The largest absolute Gasteiger partial charge is 0.305 e. The van der Waals surface area contributed by atoms with E-state index in [1.165, 1.54) is 19.4 Å². The zero-order valence-electron chi connectivity index (χ0n) is 12.4. The molecule has 1 aliphatic heterocycles. The molecular weight excluding hydrogens is 224 g/mol. The average Bonchev–Trinajstić information content (AvgIpc) is 2.36. The van der Waals surface area contributed by atoms with E-state index in [9.17, 15) is 5.26 Å². The van der Waals surface area contributed by atoms with Gasteiger partial charge in [-0.15, -0.1) is 0 Å². The lowest BCUT2D eigenvalue weighted by Crippen LogP contribution is -2.54. The highest BCUT2D eigenvalue weighted by Gasteiger charge is 2.29. The van der Waals surface area contributed by atoms with Crippen molar-refractivity contribution in [3.63, 3.8) is 0 Å². The third-order valence-corrected chi connectivity index (χ3v) is 3.80. The van der Waals surface area contributed by atoms with Crippen molar-refractivity contribution in [1.29, 1.82) is 5.26 Å². The van der Waals surface area contributed by atoms with Crippen molar-refractivity contribution < 1.29 is 0 Å². The predicted molar refractivity (Wildman–Crippen MR) is 75.5 cm³/mol. The lowest BCUT2D eigenvalue weighted by molar-refractivity contribution is 0.117. The maximum atomic E-state index is 9.36. The van der Waals surface area contributed by atoms with Gasteiger partial charge >= 0.3 is 0 Å². The van der Waals surface area contributed by atoms with Crippen molar-refractivity contribution in [3.05, 3.63) is 0 Å². The lowest BCUT2D eigenvalue weighted by Gasteiger charge is -2.39. The smallest absolute Gasteiger partial charge is 0.116 e. The molecule has 4 nitrogen and oxygen atoms in total. The Kier molecular flexibility index (Phi) is 6.07. The zero-order valence-corrected chi connectivity index (χ0v) is 12.4. The van der Waals surface area contributed by atoms with Gasteiger partial charge in [0.1, 0.15) is 5.54 Å². The average molecular weight is 252 g/mol. The second-order valence-electron chi connectivity index (χ2n) is 5.84. The first-order chi connectivity index (χ1) is 8.50. The van der Waals surface area contributed by atoms with Gasteiger partial charge in [0.05, 0.1) is 6.07 Å². The van der Waals surface area contributed by atoms with Crippen LogP contribution in [0.4, 0.5) is 0 Å². The number of likely N-dealkylation sites (tertiary alicyclic amines) is 1. The highest BCUT2D eigenvalue weighted by Crippen LogP contribution is 2.16. The SMILES string of the molecule is CCCNC(C)(C#N)CN(C)C1CCCN(C)C1. The van der Waals surface area contributed by atoms with Crippen LogP contribution in [0.1, 0.15) is 33.1 Å². The van der Waals surface area contributed by atoms with Crippen LogP contribution in [-0.4, -0.2) is 61.7 Å². The molecular formula is C14H28N4. The molecule has 4 heteroatoms. The molecule has 0 saturated carbocycles. The third kappa shape index (κ3) is 4.56. The molecule has 1 heterocycles. The number of rotatable bonds is 6. The second-order valence-corrected chi connectivity index (χ2v) is 5.84. The lowest BCUT2D eigenvalue weighted by atomic mass is 9.99. The molecule has 0 aromatic carbocycles. The quantitative estimate of drug-likeness (QED) is 0.773. The Morgan fingerprint density at radius 3 is 2.83 bits per heavy atom. The van der Waals surface area contributed by atoms with E-state index in [-0.39, 0.29) is 0 Å². The fraction of sp³-hybridized carbons (Fsp3) is 0.929. The van der Waals surface area contributed by atoms with E-state index >= 15 is 0 Å². The molecule has 0 aromatic rings. The molecule has 0 spiro atoms. The van der Waals surface area contributed by atoms with Crippen molar-refractivity contribution in [1.82, 2.24) is 15.1 Å². The summed E-state index contributed by atoms with van der Waals surface area (Å²) in [5, 5.41) is 12.7. The highest BCUT2D eigenvalue weighted by molar-refractivity contribution is 5.06. The molecule has 104 valence electrons. The molecule has 18 heavy (non-hydrogen) atoms. The standard InChI is InChI=1S/C14H28N4/c1-5-8-16-14(2,11-15)12-18(4)13-7-6-9-17(3)10-13/h13,16H,5-10,12H2,1-4H3. The molecule has 1 fully saturated rings. The van der Waals surface area contributed by atoms with Gasteiger partial charge < -0.3 is 4.90 Å². The van der Waals surface area contributed by atoms with Gasteiger partial charge in [-0.3, -0.25) is 10.2 Å². The summed E-state index contributed by atoms with van der Waals surface area (Å²) in [5.41, 5.74) is -0.430. The fourth-order valence-corrected chi connectivity index (χ4v) is 2.66. The Morgan fingerprint density at radius 2 is 2.28 bits per heavy atom. The normalized spacial score (nSPS) is 24.8. The van der Waals surface area contributed by atoms with Gasteiger partial charge in [0.2, 0.25) is 0 Å². The van der Waals surface area contributed by atoms with Crippen molar-refractivity contribution in [2.45, 2.75) is 44.7 Å². The summed E-state index contributed by atoms with van der Waals surface area (Å²) in [6.45, 7) is 8.15. The van der Waals surface area contributed by atoms with Crippen LogP contribution in [0.25, 0.3) is 0 Å². The van der Waals surface area contributed by atoms with Gasteiger partial charge in [-0.2, -0.15) is 5.26 Å². The van der Waals surface area contributed by atoms with Gasteiger partial charge in [0, 0.05) is 19.1 Å². The van der Waals surface area contributed by atoms with Crippen LogP contribution >= 0.6 is 0 Å². The topological polar surface area (TPSA) is 42.3 Å². The zero-order chi connectivity index (χ0) is 13.6. The van der Waals surface area contributed by atoms with Crippen LogP contribution in [0.15, 0.2) is 0 Å². The summed E-state index contributed by atoms with van der Waals surface area (Å²) in [7, 11) is 4.33. The van der Waals surface area contributed by atoms with E-state index in [4.69, 9.17) is 0 Å². The van der Waals surface area contributed by atoms with E-state index in [1.807, 2.05) is 6.92 Å². The number of nitrogens with one attached hydrogen (secondary N) is 1. The second kappa shape index (κ2) is 7.08. The van der Waals surface area contributed by atoms with Gasteiger partial charge in [-0.05, 0) is 53.4 Å². The summed E-state index contributed by atoms with van der Waals surface area (Å²) in [6.07, 6.45) is 3.57. The third-order valence-electron chi connectivity index (χ3n) is 3.80. The summed E-state index contributed by atoms with van der Waals surface area (Å²) in [6, 6.07) is 3.01. The number of piperidine rings is 1. The Labute approximate surface area is 112 Å². The molecule has 1 aliphatic rings. The van der Waals surface area contributed by atoms with Crippen LogP contribution in [0, 0.1) is 11.3 Å².